The fourth-order valence-electron chi connectivity index (χ4n) is 3.00. The van der Waals surface area contributed by atoms with Crippen molar-refractivity contribution in [3.8, 4) is 0 Å². The Labute approximate surface area is 110 Å². The van der Waals surface area contributed by atoms with Crippen molar-refractivity contribution in [2.45, 2.75) is 58.1 Å². The summed E-state index contributed by atoms with van der Waals surface area (Å²) in [7, 11) is 0. The number of hydrogen-bond acceptors (Lipinski definition) is 3. The van der Waals surface area contributed by atoms with Gasteiger partial charge in [0.1, 0.15) is 5.60 Å². The lowest BCUT2D eigenvalue weighted by molar-refractivity contribution is 0.00276. The normalized spacial score (nSPS) is 29.4. The minimum absolute atomic E-state index is 0.126. The van der Waals surface area contributed by atoms with E-state index in [0.29, 0.717) is 12.0 Å². The van der Waals surface area contributed by atoms with E-state index in [9.17, 15) is 4.79 Å². The molecule has 2 aliphatic rings. The quantitative estimate of drug-likeness (QED) is 0.781. The summed E-state index contributed by atoms with van der Waals surface area (Å²) in [5, 5.41) is 3.40. The first-order valence-corrected chi connectivity index (χ1v) is 7.18. The van der Waals surface area contributed by atoms with Crippen molar-refractivity contribution in [3.05, 3.63) is 0 Å². The molecule has 0 saturated carbocycles. The number of hydrogen-bond donors (Lipinski definition) is 1. The van der Waals surface area contributed by atoms with Crippen molar-refractivity contribution < 1.29 is 9.53 Å². The lowest BCUT2D eigenvalue weighted by Crippen LogP contribution is -2.49. The molecular formula is C14H26N2O2. The van der Waals surface area contributed by atoms with Gasteiger partial charge in [0.05, 0.1) is 0 Å². The average molecular weight is 254 g/mol. The molecule has 0 aliphatic carbocycles. The molecule has 4 nitrogen and oxygen atoms in total. The van der Waals surface area contributed by atoms with Gasteiger partial charge in [0.2, 0.25) is 0 Å². The number of likely N-dealkylation sites (tertiary alicyclic amines) is 1. The fraction of sp³-hybridized carbons (Fsp3) is 0.929. The van der Waals surface area contributed by atoms with Crippen molar-refractivity contribution >= 4 is 6.09 Å². The number of nitrogens with one attached hydrogen (secondary N) is 1. The van der Waals surface area contributed by atoms with Gasteiger partial charge in [-0.3, -0.25) is 0 Å². The summed E-state index contributed by atoms with van der Waals surface area (Å²) in [6, 6.07) is 0.378. The first-order valence-electron chi connectivity index (χ1n) is 7.18. The third-order valence-corrected chi connectivity index (χ3v) is 3.82. The monoisotopic (exact) mass is 254 g/mol. The van der Waals surface area contributed by atoms with E-state index < -0.39 is 5.60 Å². The van der Waals surface area contributed by atoms with Crippen molar-refractivity contribution in [2.75, 3.05) is 19.6 Å². The third kappa shape index (κ3) is 3.37. The average Bonchev–Trinajstić information content (AvgIpc) is 2.80. The van der Waals surface area contributed by atoms with Crippen LogP contribution >= 0.6 is 0 Å². The Morgan fingerprint density at radius 2 is 2.06 bits per heavy atom. The SMILES string of the molecule is CC(C)(C)OC(=O)N1CCCCC1C1CCNC1. The molecule has 4 heteroatoms. The molecule has 0 aromatic carbocycles. The molecule has 2 rings (SSSR count). The minimum atomic E-state index is -0.396. The summed E-state index contributed by atoms with van der Waals surface area (Å²) in [6.07, 6.45) is 4.53. The van der Waals surface area contributed by atoms with E-state index in [1.807, 2.05) is 25.7 Å². The number of piperidine rings is 1. The van der Waals surface area contributed by atoms with Gasteiger partial charge in [-0.1, -0.05) is 0 Å². The molecule has 18 heavy (non-hydrogen) atoms. The number of carbonyl (C=O) groups excluding carboxylic acids is 1. The maximum absolute atomic E-state index is 12.3. The Morgan fingerprint density at radius 1 is 1.28 bits per heavy atom. The van der Waals surface area contributed by atoms with Crippen LogP contribution in [0.2, 0.25) is 0 Å². The van der Waals surface area contributed by atoms with Gasteiger partial charge < -0.3 is 15.0 Å². The van der Waals surface area contributed by atoms with E-state index in [1.54, 1.807) is 0 Å². The zero-order valence-electron chi connectivity index (χ0n) is 11.9. The van der Waals surface area contributed by atoms with Crippen molar-refractivity contribution in [3.63, 3.8) is 0 Å². The highest BCUT2D eigenvalue weighted by Crippen LogP contribution is 2.28. The Hall–Kier alpha value is -0.770. The van der Waals surface area contributed by atoms with Gasteiger partial charge in [-0.05, 0) is 65.5 Å². The first kappa shape index (κ1) is 13.7. The number of carbonyl (C=O) groups is 1. The van der Waals surface area contributed by atoms with E-state index in [1.165, 1.54) is 12.8 Å². The summed E-state index contributed by atoms with van der Waals surface area (Å²) in [6.45, 7) is 8.78. The highest BCUT2D eigenvalue weighted by molar-refractivity contribution is 5.68. The summed E-state index contributed by atoms with van der Waals surface area (Å²) in [5.74, 6) is 0.609. The second-order valence-electron chi connectivity index (χ2n) is 6.49. The smallest absolute Gasteiger partial charge is 0.410 e. The van der Waals surface area contributed by atoms with Crippen LogP contribution in [0.15, 0.2) is 0 Å². The number of rotatable bonds is 1. The Balaban J connectivity index is 2.00. The van der Waals surface area contributed by atoms with E-state index >= 15 is 0 Å². The summed E-state index contributed by atoms with van der Waals surface area (Å²) in [4.78, 5) is 14.2. The molecular weight excluding hydrogens is 228 g/mol. The summed E-state index contributed by atoms with van der Waals surface area (Å²) < 4.78 is 5.53. The highest BCUT2D eigenvalue weighted by Gasteiger charge is 2.36. The Morgan fingerprint density at radius 3 is 2.67 bits per heavy atom. The topological polar surface area (TPSA) is 41.6 Å². The van der Waals surface area contributed by atoms with Gasteiger partial charge in [0.25, 0.3) is 0 Å². The predicted octanol–water partition coefficient (Wildman–Crippen LogP) is 2.39. The van der Waals surface area contributed by atoms with E-state index in [4.69, 9.17) is 4.74 Å². The van der Waals surface area contributed by atoms with Crippen molar-refractivity contribution in [2.24, 2.45) is 5.92 Å². The molecule has 0 bridgehead atoms. The van der Waals surface area contributed by atoms with Gasteiger partial charge in [-0.25, -0.2) is 4.79 Å². The van der Waals surface area contributed by atoms with E-state index in [0.717, 1.165) is 32.5 Å². The van der Waals surface area contributed by atoms with Crippen LogP contribution in [0.1, 0.15) is 46.5 Å². The first-order chi connectivity index (χ1) is 8.47. The van der Waals surface area contributed by atoms with Gasteiger partial charge >= 0.3 is 6.09 Å². The summed E-state index contributed by atoms with van der Waals surface area (Å²) >= 11 is 0. The molecule has 1 N–H and O–H groups in total. The van der Waals surface area contributed by atoms with E-state index in [-0.39, 0.29) is 6.09 Å². The zero-order valence-corrected chi connectivity index (χ0v) is 11.9. The van der Waals surface area contributed by atoms with Crippen LogP contribution in [0.4, 0.5) is 4.79 Å². The molecule has 2 heterocycles. The Kier molecular flexibility index (Phi) is 4.15. The molecule has 0 aromatic heterocycles. The Bertz CT molecular complexity index is 293. The van der Waals surface area contributed by atoms with Crippen LogP contribution in [0.5, 0.6) is 0 Å². The van der Waals surface area contributed by atoms with Crippen LogP contribution in [-0.4, -0.2) is 42.3 Å². The van der Waals surface area contributed by atoms with Crippen LogP contribution in [0, 0.1) is 5.92 Å². The molecule has 2 fully saturated rings. The van der Waals surface area contributed by atoms with Gasteiger partial charge in [0.15, 0.2) is 0 Å². The van der Waals surface area contributed by atoms with Crippen LogP contribution < -0.4 is 5.32 Å². The minimum Gasteiger partial charge on any atom is -0.444 e. The molecule has 2 aliphatic heterocycles. The zero-order chi connectivity index (χ0) is 13.2. The van der Waals surface area contributed by atoms with Gasteiger partial charge in [-0.15, -0.1) is 0 Å². The molecule has 104 valence electrons. The number of nitrogens with zero attached hydrogens (tertiary/aromatic N) is 1. The maximum atomic E-state index is 12.3. The number of ether oxygens (including phenoxy) is 1. The van der Waals surface area contributed by atoms with Gasteiger partial charge in [-0.2, -0.15) is 0 Å². The summed E-state index contributed by atoms with van der Waals surface area (Å²) in [5.41, 5.74) is -0.396. The fourth-order valence-corrected chi connectivity index (χ4v) is 3.00. The van der Waals surface area contributed by atoms with Crippen molar-refractivity contribution in [1.29, 1.82) is 0 Å². The number of amides is 1. The molecule has 0 aromatic rings. The predicted molar refractivity (Wildman–Crippen MR) is 71.6 cm³/mol. The molecule has 1 amide bonds. The molecule has 2 saturated heterocycles. The van der Waals surface area contributed by atoms with Crippen LogP contribution in [0.3, 0.4) is 0 Å². The molecule has 2 unspecified atom stereocenters. The second kappa shape index (κ2) is 5.47. The standard InChI is InChI=1S/C14H26N2O2/c1-14(2,3)18-13(17)16-9-5-4-6-12(16)11-7-8-15-10-11/h11-12,15H,4-10H2,1-3H3. The molecule has 2 atom stereocenters. The van der Waals surface area contributed by atoms with Gasteiger partial charge in [0, 0.05) is 12.6 Å². The third-order valence-electron chi connectivity index (χ3n) is 3.82. The molecule has 0 spiro atoms. The lowest BCUT2D eigenvalue weighted by atomic mass is 9.90. The maximum Gasteiger partial charge on any atom is 0.410 e. The van der Waals surface area contributed by atoms with E-state index in [2.05, 4.69) is 5.32 Å². The van der Waals surface area contributed by atoms with Crippen LogP contribution in [0.25, 0.3) is 0 Å². The molecule has 0 radical (unpaired) electrons. The lowest BCUT2D eigenvalue weighted by Gasteiger charge is -2.39. The van der Waals surface area contributed by atoms with Crippen molar-refractivity contribution in [1.82, 2.24) is 10.2 Å². The van der Waals surface area contributed by atoms with Crippen LogP contribution in [-0.2, 0) is 4.74 Å². The largest absolute Gasteiger partial charge is 0.444 e. The second-order valence-corrected chi connectivity index (χ2v) is 6.49. The highest BCUT2D eigenvalue weighted by atomic mass is 16.6.